The molecule has 5 heteroatoms. The van der Waals surface area contributed by atoms with E-state index in [1.165, 1.54) is 0 Å². The molecule has 2 atom stereocenters. The standard InChI is InChI=1S/C8H16N4O/c1-10-4-9-7-6(8(10)13)11(2)5-12(7)3/h6-7,9H,4-5H2,1-3H3. The summed E-state index contributed by atoms with van der Waals surface area (Å²) in [5, 5.41) is 3.33. The minimum absolute atomic E-state index is 0.0104. The second-order valence-electron chi connectivity index (χ2n) is 3.94. The van der Waals surface area contributed by atoms with Gasteiger partial charge in [-0.25, -0.2) is 0 Å². The minimum Gasteiger partial charge on any atom is -0.331 e. The number of fused-ring (bicyclic) bond motifs is 1. The molecular formula is C8H16N4O. The Kier molecular flexibility index (Phi) is 2.02. The molecule has 74 valence electrons. The second-order valence-corrected chi connectivity index (χ2v) is 3.94. The van der Waals surface area contributed by atoms with E-state index in [1.807, 2.05) is 21.1 Å². The predicted octanol–water partition coefficient (Wildman–Crippen LogP) is -1.47. The number of likely N-dealkylation sites (N-methyl/N-ethyl adjacent to an activating group) is 3. The lowest BCUT2D eigenvalue weighted by Crippen LogP contribution is -2.62. The molecule has 1 amide bonds. The Morgan fingerprint density at radius 1 is 1.31 bits per heavy atom. The van der Waals surface area contributed by atoms with Gasteiger partial charge in [-0.1, -0.05) is 0 Å². The van der Waals surface area contributed by atoms with Crippen LogP contribution in [-0.2, 0) is 4.79 Å². The molecule has 5 nitrogen and oxygen atoms in total. The SMILES string of the molecule is CN1CNC2C(C1=O)N(C)CN2C. The molecular weight excluding hydrogens is 168 g/mol. The van der Waals surface area contributed by atoms with Gasteiger partial charge in [0.15, 0.2) is 0 Å². The van der Waals surface area contributed by atoms with Crippen LogP contribution in [0.3, 0.4) is 0 Å². The first-order valence-corrected chi connectivity index (χ1v) is 4.50. The number of nitrogens with one attached hydrogen (secondary N) is 1. The zero-order chi connectivity index (χ0) is 9.59. The lowest BCUT2D eigenvalue weighted by Gasteiger charge is -2.35. The Morgan fingerprint density at radius 2 is 2.00 bits per heavy atom. The third-order valence-electron chi connectivity index (χ3n) is 2.86. The fourth-order valence-electron chi connectivity index (χ4n) is 2.14. The third-order valence-corrected chi connectivity index (χ3v) is 2.86. The molecule has 0 aromatic carbocycles. The van der Waals surface area contributed by atoms with Gasteiger partial charge in [-0.05, 0) is 14.1 Å². The van der Waals surface area contributed by atoms with Crippen molar-refractivity contribution in [2.75, 3.05) is 34.5 Å². The van der Waals surface area contributed by atoms with Crippen LogP contribution in [0.5, 0.6) is 0 Å². The molecule has 0 aliphatic carbocycles. The summed E-state index contributed by atoms with van der Waals surface area (Å²) in [6.45, 7) is 1.50. The molecule has 1 N–H and O–H groups in total. The first kappa shape index (κ1) is 8.93. The third kappa shape index (κ3) is 1.23. The highest BCUT2D eigenvalue weighted by Gasteiger charge is 2.44. The van der Waals surface area contributed by atoms with Crippen molar-refractivity contribution < 1.29 is 4.79 Å². The van der Waals surface area contributed by atoms with Gasteiger partial charge >= 0.3 is 0 Å². The fraction of sp³-hybridized carbons (Fsp3) is 0.875. The molecule has 2 unspecified atom stereocenters. The van der Waals surface area contributed by atoms with Crippen LogP contribution < -0.4 is 5.32 Å². The summed E-state index contributed by atoms with van der Waals surface area (Å²) < 4.78 is 0. The Hall–Kier alpha value is -0.650. The van der Waals surface area contributed by atoms with E-state index < -0.39 is 0 Å². The summed E-state index contributed by atoms with van der Waals surface area (Å²) in [5.41, 5.74) is 0. The molecule has 2 aliphatic heterocycles. The fourth-order valence-corrected chi connectivity index (χ4v) is 2.14. The summed E-state index contributed by atoms with van der Waals surface area (Å²) in [5.74, 6) is 0.218. The average molecular weight is 184 g/mol. The summed E-state index contributed by atoms with van der Waals surface area (Å²) >= 11 is 0. The first-order chi connectivity index (χ1) is 6.11. The van der Waals surface area contributed by atoms with E-state index in [0.717, 1.165) is 6.67 Å². The van der Waals surface area contributed by atoms with Crippen LogP contribution >= 0.6 is 0 Å². The van der Waals surface area contributed by atoms with Gasteiger partial charge in [0.05, 0.1) is 19.5 Å². The normalized spacial score (nSPS) is 36.8. The largest absolute Gasteiger partial charge is 0.331 e. The maximum Gasteiger partial charge on any atom is 0.243 e. The molecule has 2 rings (SSSR count). The highest BCUT2D eigenvalue weighted by atomic mass is 16.2. The highest BCUT2D eigenvalue weighted by Crippen LogP contribution is 2.19. The first-order valence-electron chi connectivity index (χ1n) is 4.50. The van der Waals surface area contributed by atoms with Crippen molar-refractivity contribution in [2.24, 2.45) is 0 Å². The topological polar surface area (TPSA) is 38.8 Å². The van der Waals surface area contributed by atoms with Gasteiger partial charge < -0.3 is 4.90 Å². The number of rotatable bonds is 0. The number of carbonyl (C=O) groups is 1. The number of amides is 1. The Morgan fingerprint density at radius 3 is 2.69 bits per heavy atom. The van der Waals surface area contributed by atoms with Gasteiger partial charge in [0, 0.05) is 7.05 Å². The van der Waals surface area contributed by atoms with Gasteiger partial charge in [-0.3, -0.25) is 19.9 Å². The molecule has 2 saturated heterocycles. The van der Waals surface area contributed by atoms with E-state index in [-0.39, 0.29) is 18.1 Å². The van der Waals surface area contributed by atoms with E-state index in [1.54, 1.807) is 4.90 Å². The second kappa shape index (κ2) is 2.94. The van der Waals surface area contributed by atoms with Gasteiger partial charge in [0.1, 0.15) is 6.04 Å². The molecule has 2 fully saturated rings. The average Bonchev–Trinajstić information content (AvgIpc) is 2.35. The number of hydrogen-bond acceptors (Lipinski definition) is 4. The molecule has 0 bridgehead atoms. The van der Waals surface area contributed by atoms with E-state index in [9.17, 15) is 4.79 Å². The van der Waals surface area contributed by atoms with Crippen LogP contribution in [0.25, 0.3) is 0 Å². The highest BCUT2D eigenvalue weighted by molar-refractivity contribution is 5.83. The monoisotopic (exact) mass is 184 g/mol. The maximum absolute atomic E-state index is 11.8. The van der Waals surface area contributed by atoms with Crippen LogP contribution in [0.4, 0.5) is 0 Å². The van der Waals surface area contributed by atoms with Gasteiger partial charge in [-0.2, -0.15) is 0 Å². The number of nitrogens with zero attached hydrogens (tertiary/aromatic N) is 3. The molecule has 0 spiro atoms. The Bertz CT molecular complexity index is 232. The van der Waals surface area contributed by atoms with E-state index >= 15 is 0 Å². The zero-order valence-electron chi connectivity index (χ0n) is 8.32. The lowest BCUT2D eigenvalue weighted by molar-refractivity contribution is -0.138. The van der Waals surface area contributed by atoms with Crippen LogP contribution in [0.2, 0.25) is 0 Å². The molecule has 0 aromatic rings. The molecule has 2 heterocycles. The quantitative estimate of drug-likeness (QED) is 0.499. The van der Waals surface area contributed by atoms with Gasteiger partial charge in [0.25, 0.3) is 0 Å². The van der Waals surface area contributed by atoms with Crippen molar-refractivity contribution in [3.63, 3.8) is 0 Å². The summed E-state index contributed by atoms with van der Waals surface area (Å²) in [7, 11) is 5.85. The lowest BCUT2D eigenvalue weighted by atomic mass is 10.1. The molecule has 0 aromatic heterocycles. The minimum atomic E-state index is -0.0104. The van der Waals surface area contributed by atoms with Crippen molar-refractivity contribution in [1.82, 2.24) is 20.0 Å². The number of carbonyl (C=O) groups excluding carboxylic acids is 1. The van der Waals surface area contributed by atoms with Crippen molar-refractivity contribution in [3.8, 4) is 0 Å². The number of hydrogen-bond donors (Lipinski definition) is 1. The molecule has 0 saturated carbocycles. The molecule has 2 aliphatic rings. The molecule has 0 radical (unpaired) electrons. The van der Waals surface area contributed by atoms with Gasteiger partial charge in [0.2, 0.25) is 5.91 Å². The van der Waals surface area contributed by atoms with Crippen LogP contribution in [0, 0.1) is 0 Å². The van der Waals surface area contributed by atoms with Crippen LogP contribution in [-0.4, -0.2) is 67.3 Å². The van der Waals surface area contributed by atoms with E-state index in [4.69, 9.17) is 0 Å². The van der Waals surface area contributed by atoms with Crippen LogP contribution in [0.1, 0.15) is 0 Å². The van der Waals surface area contributed by atoms with Crippen molar-refractivity contribution >= 4 is 5.91 Å². The van der Waals surface area contributed by atoms with Crippen molar-refractivity contribution in [3.05, 3.63) is 0 Å². The smallest absolute Gasteiger partial charge is 0.243 e. The summed E-state index contributed by atoms with van der Waals surface area (Å²) in [4.78, 5) is 17.8. The van der Waals surface area contributed by atoms with E-state index in [2.05, 4.69) is 15.1 Å². The van der Waals surface area contributed by atoms with Gasteiger partial charge in [-0.15, -0.1) is 0 Å². The van der Waals surface area contributed by atoms with Crippen molar-refractivity contribution in [2.45, 2.75) is 12.2 Å². The summed E-state index contributed by atoms with van der Waals surface area (Å²) in [6, 6.07) is -0.0104. The maximum atomic E-state index is 11.8. The molecule has 13 heavy (non-hydrogen) atoms. The summed E-state index contributed by atoms with van der Waals surface area (Å²) in [6.07, 6.45) is 0.189. The van der Waals surface area contributed by atoms with Crippen LogP contribution in [0.15, 0.2) is 0 Å². The Balaban J connectivity index is 2.20. The van der Waals surface area contributed by atoms with Crippen molar-refractivity contribution in [1.29, 1.82) is 0 Å². The predicted molar refractivity (Wildman–Crippen MR) is 48.7 cm³/mol. The zero-order valence-corrected chi connectivity index (χ0v) is 8.32. The van der Waals surface area contributed by atoms with E-state index in [0.29, 0.717) is 6.67 Å². The Labute approximate surface area is 78.3 Å².